The molecule has 0 saturated heterocycles. The lowest BCUT2D eigenvalue weighted by molar-refractivity contribution is 0.922. The van der Waals surface area contributed by atoms with Crippen LogP contribution in [0.1, 0.15) is 18.9 Å². The molecule has 8 aromatic rings. The quantitative estimate of drug-likeness (QED) is 0.197. The van der Waals surface area contributed by atoms with Crippen LogP contribution in [-0.4, -0.2) is 4.57 Å². The van der Waals surface area contributed by atoms with Crippen LogP contribution in [0, 0.1) is 0 Å². The highest BCUT2D eigenvalue weighted by atomic mass is 32.1. The maximum absolute atomic E-state index is 2.42. The summed E-state index contributed by atoms with van der Waals surface area (Å²) in [7, 11) is 0. The van der Waals surface area contributed by atoms with Gasteiger partial charge in [-0.15, -0.1) is 11.3 Å². The monoisotopic (exact) mass is 558 g/mol. The Balaban J connectivity index is 1.27. The molecule has 0 aliphatic rings. The number of aryl methyl sites for hydroxylation is 1. The lowest BCUT2D eigenvalue weighted by Gasteiger charge is -2.26. The molecule has 0 amide bonds. The van der Waals surface area contributed by atoms with Gasteiger partial charge in [-0.3, -0.25) is 0 Å². The summed E-state index contributed by atoms with van der Waals surface area (Å²) in [4.78, 5) is 2.36. The Morgan fingerprint density at radius 1 is 0.524 bits per heavy atom. The van der Waals surface area contributed by atoms with Gasteiger partial charge in [0.05, 0.1) is 11.0 Å². The van der Waals surface area contributed by atoms with Crippen LogP contribution in [-0.2, 0) is 6.42 Å². The van der Waals surface area contributed by atoms with Gasteiger partial charge >= 0.3 is 0 Å². The number of hydrogen-bond donors (Lipinski definition) is 0. The first kappa shape index (κ1) is 24.9. The van der Waals surface area contributed by atoms with Crippen LogP contribution in [0.2, 0.25) is 0 Å². The van der Waals surface area contributed by atoms with Gasteiger partial charge in [-0.05, 0) is 78.7 Å². The predicted octanol–water partition coefficient (Wildman–Crippen LogP) is 11.6. The molecule has 6 aromatic carbocycles. The fourth-order valence-corrected chi connectivity index (χ4v) is 7.51. The first-order valence-electron chi connectivity index (χ1n) is 14.7. The number of thiophene rings is 1. The summed E-state index contributed by atoms with van der Waals surface area (Å²) < 4.78 is 5.05. The molecule has 0 aliphatic carbocycles. The molecule has 2 nitrogen and oxygen atoms in total. The Kier molecular flexibility index (Phi) is 6.05. The van der Waals surface area contributed by atoms with E-state index in [0.717, 1.165) is 29.9 Å². The van der Waals surface area contributed by atoms with Gasteiger partial charge in [0.25, 0.3) is 0 Å². The van der Waals surface area contributed by atoms with Crippen molar-refractivity contribution in [2.75, 3.05) is 4.90 Å². The maximum atomic E-state index is 2.42. The van der Waals surface area contributed by atoms with Crippen molar-refractivity contribution in [3.63, 3.8) is 0 Å². The van der Waals surface area contributed by atoms with Gasteiger partial charge in [-0.1, -0.05) is 86.1 Å². The molecule has 0 aliphatic heterocycles. The van der Waals surface area contributed by atoms with Crippen LogP contribution in [0.5, 0.6) is 0 Å². The predicted molar refractivity (Wildman–Crippen MR) is 182 cm³/mol. The zero-order valence-electron chi connectivity index (χ0n) is 23.5. The van der Waals surface area contributed by atoms with E-state index in [0.29, 0.717) is 0 Å². The van der Waals surface area contributed by atoms with Crippen molar-refractivity contribution in [3.8, 4) is 5.69 Å². The molecule has 0 radical (unpaired) electrons. The molecular weight excluding hydrogens is 529 g/mol. The molecule has 8 rings (SSSR count). The molecule has 0 unspecified atom stereocenters. The molecule has 0 saturated carbocycles. The Morgan fingerprint density at radius 2 is 1.17 bits per heavy atom. The molecule has 42 heavy (non-hydrogen) atoms. The van der Waals surface area contributed by atoms with Crippen LogP contribution in [0.15, 0.2) is 140 Å². The van der Waals surface area contributed by atoms with E-state index in [-0.39, 0.29) is 0 Å². The fraction of sp³-hybridized carbons (Fsp3) is 0.0769. The Hall–Kier alpha value is -4.86. The molecule has 202 valence electrons. The number of hydrogen-bond acceptors (Lipinski definition) is 2. The summed E-state index contributed by atoms with van der Waals surface area (Å²) in [6.45, 7) is 2.25. The molecule has 0 fully saturated rings. The molecule has 0 bridgehead atoms. The van der Waals surface area contributed by atoms with Crippen LogP contribution in [0.4, 0.5) is 17.1 Å². The van der Waals surface area contributed by atoms with Crippen molar-refractivity contribution in [3.05, 3.63) is 145 Å². The third kappa shape index (κ3) is 4.08. The van der Waals surface area contributed by atoms with Crippen molar-refractivity contribution >= 4 is 70.4 Å². The molecule has 3 heteroatoms. The summed E-state index contributed by atoms with van der Waals surface area (Å²) in [5, 5.41) is 5.24. The zero-order valence-corrected chi connectivity index (χ0v) is 24.3. The molecule has 2 aromatic heterocycles. The van der Waals surface area contributed by atoms with Crippen molar-refractivity contribution in [2.24, 2.45) is 0 Å². The van der Waals surface area contributed by atoms with E-state index in [2.05, 4.69) is 156 Å². The van der Waals surface area contributed by atoms with Crippen molar-refractivity contribution in [1.82, 2.24) is 4.57 Å². The standard InChI is InChI=1S/C39H30N2S/c1-2-10-27-17-23-33-32-13-6-8-15-36(32)41(37(33)25-27)30-20-18-29(19-21-30)40(28-11-4-3-5-12-28)31-22-24-35-34-14-7-9-16-38(34)42-39(35)26-31/h3-9,11-26H,2,10H2,1H3. The van der Waals surface area contributed by atoms with E-state index in [4.69, 9.17) is 0 Å². The second kappa shape index (κ2) is 10.2. The molecule has 2 heterocycles. The average molecular weight is 559 g/mol. The molecule has 0 N–H and O–H groups in total. The van der Waals surface area contributed by atoms with Crippen molar-refractivity contribution in [2.45, 2.75) is 19.8 Å². The summed E-state index contributed by atoms with van der Waals surface area (Å²) in [5.41, 5.74) is 8.51. The highest BCUT2D eigenvalue weighted by Crippen LogP contribution is 2.41. The van der Waals surface area contributed by atoms with Gasteiger partial charge < -0.3 is 9.47 Å². The highest BCUT2D eigenvalue weighted by molar-refractivity contribution is 7.25. The van der Waals surface area contributed by atoms with Gasteiger partial charge in [-0.2, -0.15) is 0 Å². The first-order chi connectivity index (χ1) is 20.8. The third-order valence-electron chi connectivity index (χ3n) is 8.28. The number of rotatable bonds is 6. The fourth-order valence-electron chi connectivity index (χ4n) is 6.37. The van der Waals surface area contributed by atoms with E-state index in [1.807, 2.05) is 11.3 Å². The number of benzene rings is 6. The van der Waals surface area contributed by atoms with E-state index in [9.17, 15) is 0 Å². The summed E-state index contributed by atoms with van der Waals surface area (Å²) in [6, 6.07) is 51.0. The highest BCUT2D eigenvalue weighted by Gasteiger charge is 2.16. The van der Waals surface area contributed by atoms with Gasteiger partial charge in [-0.25, -0.2) is 0 Å². The first-order valence-corrected chi connectivity index (χ1v) is 15.5. The summed E-state index contributed by atoms with van der Waals surface area (Å²) >= 11 is 1.86. The lowest BCUT2D eigenvalue weighted by Crippen LogP contribution is -2.09. The topological polar surface area (TPSA) is 8.17 Å². The minimum atomic E-state index is 1.09. The smallest absolute Gasteiger partial charge is 0.0543 e. The lowest BCUT2D eigenvalue weighted by atomic mass is 10.1. The van der Waals surface area contributed by atoms with Crippen LogP contribution >= 0.6 is 11.3 Å². The number of aromatic nitrogens is 1. The number of anilines is 3. The number of fused-ring (bicyclic) bond motifs is 6. The zero-order chi connectivity index (χ0) is 28.0. The minimum Gasteiger partial charge on any atom is -0.310 e. The van der Waals surface area contributed by atoms with Gasteiger partial charge in [0.15, 0.2) is 0 Å². The van der Waals surface area contributed by atoms with E-state index < -0.39 is 0 Å². The van der Waals surface area contributed by atoms with Gasteiger partial charge in [0.2, 0.25) is 0 Å². The number of nitrogens with zero attached hydrogens (tertiary/aromatic N) is 2. The van der Waals surface area contributed by atoms with Crippen LogP contribution in [0.25, 0.3) is 47.7 Å². The maximum Gasteiger partial charge on any atom is 0.0543 e. The second-order valence-electron chi connectivity index (χ2n) is 10.9. The molecule has 0 atom stereocenters. The second-order valence-corrected chi connectivity index (χ2v) is 12.0. The molecular formula is C39H30N2S. The van der Waals surface area contributed by atoms with E-state index in [1.165, 1.54) is 53.2 Å². The third-order valence-corrected chi connectivity index (χ3v) is 9.41. The van der Waals surface area contributed by atoms with Crippen LogP contribution < -0.4 is 4.90 Å². The average Bonchev–Trinajstić information content (AvgIpc) is 3.57. The summed E-state index contributed by atoms with van der Waals surface area (Å²) in [5.74, 6) is 0. The Labute approximate surface area is 249 Å². The number of para-hydroxylation sites is 2. The van der Waals surface area contributed by atoms with E-state index >= 15 is 0 Å². The molecule has 0 spiro atoms. The van der Waals surface area contributed by atoms with Gasteiger partial charge in [0, 0.05) is 53.7 Å². The van der Waals surface area contributed by atoms with Gasteiger partial charge in [0.1, 0.15) is 0 Å². The van der Waals surface area contributed by atoms with E-state index in [1.54, 1.807) is 0 Å². The SMILES string of the molecule is CCCc1ccc2c3ccccc3n(-c3ccc(N(c4ccccc4)c4ccc5c(c4)sc4ccccc45)cc3)c2c1. The van der Waals surface area contributed by atoms with Crippen LogP contribution in [0.3, 0.4) is 0 Å². The van der Waals surface area contributed by atoms with Crippen molar-refractivity contribution in [1.29, 1.82) is 0 Å². The normalized spacial score (nSPS) is 11.6. The Bertz CT molecular complexity index is 2200. The Morgan fingerprint density at radius 3 is 2.00 bits per heavy atom. The minimum absolute atomic E-state index is 1.09. The summed E-state index contributed by atoms with van der Waals surface area (Å²) in [6.07, 6.45) is 2.23. The largest absolute Gasteiger partial charge is 0.310 e. The van der Waals surface area contributed by atoms with Crippen molar-refractivity contribution < 1.29 is 0 Å².